The van der Waals surface area contributed by atoms with Gasteiger partial charge < -0.3 is 9.64 Å². The molecule has 42 heavy (non-hydrogen) atoms. The number of rotatable bonds is 4. The number of nitrogens with one attached hydrogen (secondary N) is 1. The second kappa shape index (κ2) is 9.88. The summed E-state index contributed by atoms with van der Waals surface area (Å²) in [5.41, 5.74) is -0.566. The van der Waals surface area contributed by atoms with Crippen LogP contribution in [-0.2, 0) is 20.2 Å². The summed E-state index contributed by atoms with van der Waals surface area (Å²) < 4.78 is 39.2. The molecule has 1 atom stereocenters. The van der Waals surface area contributed by atoms with Crippen molar-refractivity contribution >= 4 is 40.3 Å². The number of aromatic nitrogens is 2. The number of piperidine rings is 2. The fourth-order valence-corrected chi connectivity index (χ4v) is 6.01. The van der Waals surface area contributed by atoms with Gasteiger partial charge in [0.15, 0.2) is 0 Å². The lowest BCUT2D eigenvalue weighted by Gasteiger charge is -2.33. The molecule has 2 fully saturated rings. The number of anilines is 1. The molecule has 0 bridgehead atoms. The quantitative estimate of drug-likeness (QED) is 0.455. The lowest BCUT2D eigenvalue weighted by molar-refractivity contribution is -0.134. The highest BCUT2D eigenvalue weighted by molar-refractivity contribution is 6.27. The van der Waals surface area contributed by atoms with E-state index in [0.717, 1.165) is 6.20 Å². The van der Waals surface area contributed by atoms with Gasteiger partial charge in [-0.15, -0.1) is 0 Å². The average molecular weight is 580 g/mol. The summed E-state index contributed by atoms with van der Waals surface area (Å²) in [5.74, 6) is -4.89. The Balaban J connectivity index is 1.26. The van der Waals surface area contributed by atoms with Crippen molar-refractivity contribution in [2.24, 2.45) is 0 Å². The monoisotopic (exact) mass is 579 g/mol. The molecule has 3 aliphatic heterocycles. The average Bonchev–Trinajstić information content (AvgIpc) is 3.54. The van der Waals surface area contributed by atoms with Crippen LogP contribution in [0.2, 0.25) is 0 Å². The number of carbonyl (C=O) groups excluding carboxylic acids is 4. The van der Waals surface area contributed by atoms with Crippen molar-refractivity contribution in [1.29, 1.82) is 0 Å². The fraction of sp³-hybridized carbons (Fsp3) is 0.433. The van der Waals surface area contributed by atoms with Gasteiger partial charge in [0.2, 0.25) is 11.8 Å². The Morgan fingerprint density at radius 3 is 2.48 bits per heavy atom. The molecule has 0 radical (unpaired) electrons. The van der Waals surface area contributed by atoms with Crippen LogP contribution < -0.4 is 10.2 Å². The molecule has 10 nitrogen and oxygen atoms in total. The molecular formula is C30H31F2N5O5. The Morgan fingerprint density at radius 1 is 1.05 bits per heavy atom. The van der Waals surface area contributed by atoms with E-state index in [0.29, 0.717) is 37.0 Å². The summed E-state index contributed by atoms with van der Waals surface area (Å²) >= 11 is 0. The van der Waals surface area contributed by atoms with Crippen LogP contribution in [0.15, 0.2) is 42.7 Å². The maximum absolute atomic E-state index is 16.1. The normalized spacial score (nSPS) is 19.9. The highest BCUT2D eigenvalue weighted by atomic mass is 19.3. The Kier molecular flexibility index (Phi) is 6.54. The summed E-state index contributed by atoms with van der Waals surface area (Å²) in [6, 6.07) is 6.33. The Hall–Kier alpha value is -4.35. The third-order valence-corrected chi connectivity index (χ3v) is 8.04. The number of imide groups is 1. The predicted octanol–water partition coefficient (Wildman–Crippen LogP) is 4.51. The van der Waals surface area contributed by atoms with Gasteiger partial charge in [0.05, 0.1) is 23.5 Å². The number of halogens is 2. The number of hydrogen-bond acceptors (Lipinski definition) is 6. The zero-order chi connectivity index (χ0) is 30.0. The van der Waals surface area contributed by atoms with Crippen molar-refractivity contribution in [2.75, 3.05) is 18.0 Å². The summed E-state index contributed by atoms with van der Waals surface area (Å²) in [5, 5.41) is 7.08. The second-order valence-electron chi connectivity index (χ2n) is 12.0. The largest absolute Gasteiger partial charge is 0.444 e. The molecule has 3 aromatic rings. The third kappa shape index (κ3) is 4.68. The van der Waals surface area contributed by atoms with E-state index in [-0.39, 0.29) is 41.0 Å². The molecule has 12 heteroatoms. The molecule has 2 saturated heterocycles. The summed E-state index contributed by atoms with van der Waals surface area (Å²) in [6.07, 6.45) is 3.44. The predicted molar refractivity (Wildman–Crippen MR) is 148 cm³/mol. The summed E-state index contributed by atoms with van der Waals surface area (Å²) in [4.78, 5) is 52.9. The van der Waals surface area contributed by atoms with Crippen molar-refractivity contribution < 1.29 is 32.7 Å². The molecular weight excluding hydrogens is 548 g/mol. The van der Waals surface area contributed by atoms with Crippen molar-refractivity contribution in [2.45, 2.75) is 70.1 Å². The van der Waals surface area contributed by atoms with Crippen molar-refractivity contribution in [3.63, 3.8) is 0 Å². The van der Waals surface area contributed by atoms with Crippen LogP contribution >= 0.6 is 0 Å². The van der Waals surface area contributed by atoms with Crippen LogP contribution in [0.5, 0.6) is 0 Å². The van der Waals surface area contributed by atoms with Crippen LogP contribution in [0.4, 0.5) is 19.3 Å². The molecule has 2 aromatic carbocycles. The number of alkyl halides is 2. The van der Waals surface area contributed by atoms with E-state index >= 15 is 8.78 Å². The Bertz CT molecular complexity index is 1620. The molecule has 1 N–H and O–H groups in total. The first-order valence-electron chi connectivity index (χ1n) is 14.0. The van der Waals surface area contributed by atoms with Crippen LogP contribution in [0.3, 0.4) is 0 Å². The van der Waals surface area contributed by atoms with E-state index in [1.54, 1.807) is 43.9 Å². The van der Waals surface area contributed by atoms with E-state index in [1.807, 2.05) is 0 Å². The SMILES string of the molecule is CC(C)(C)OC(=O)N1CCC(n2cc(C(F)(F)c3ccc4c5c(cccc35)C(=O)N4C3CCC(=O)NC3=O)cn2)CC1. The van der Waals surface area contributed by atoms with Gasteiger partial charge in [0.1, 0.15) is 11.6 Å². The minimum Gasteiger partial charge on any atom is -0.444 e. The molecule has 0 aliphatic carbocycles. The van der Waals surface area contributed by atoms with Crippen LogP contribution in [0.1, 0.15) is 74.0 Å². The van der Waals surface area contributed by atoms with Crippen LogP contribution in [-0.4, -0.2) is 63.2 Å². The van der Waals surface area contributed by atoms with E-state index in [1.165, 1.54) is 27.9 Å². The molecule has 0 spiro atoms. The molecule has 0 saturated carbocycles. The van der Waals surface area contributed by atoms with Gasteiger partial charge in [0, 0.05) is 42.2 Å². The summed E-state index contributed by atoms with van der Waals surface area (Å²) in [6.45, 7) is 6.27. The molecule has 1 aromatic heterocycles. The van der Waals surface area contributed by atoms with E-state index in [9.17, 15) is 19.2 Å². The first-order chi connectivity index (χ1) is 19.8. The fourth-order valence-electron chi connectivity index (χ4n) is 6.01. The molecule has 1 unspecified atom stereocenters. The summed E-state index contributed by atoms with van der Waals surface area (Å²) in [7, 11) is 0. The lowest BCUT2D eigenvalue weighted by atomic mass is 9.94. The first-order valence-corrected chi connectivity index (χ1v) is 14.0. The van der Waals surface area contributed by atoms with Gasteiger partial charge >= 0.3 is 12.0 Å². The van der Waals surface area contributed by atoms with Gasteiger partial charge in [-0.05, 0) is 63.6 Å². The highest BCUT2D eigenvalue weighted by Crippen LogP contribution is 2.46. The number of amides is 4. The lowest BCUT2D eigenvalue weighted by Crippen LogP contribution is -2.53. The minimum atomic E-state index is -3.43. The maximum Gasteiger partial charge on any atom is 0.410 e. The molecule has 4 heterocycles. The standard InChI is InChI=1S/C30H31F2N5O5/c1-29(2,3)42-28(41)35-13-11-18(12-14-35)36-16-17(15-33-36)30(31,32)21-7-8-22-25-19(21)5-4-6-20(25)27(40)37(22)23-9-10-24(38)34-26(23)39/h4-8,15-16,18,23H,9-14H2,1-3H3,(H,34,38,39). The van der Waals surface area contributed by atoms with E-state index in [2.05, 4.69) is 10.4 Å². The number of benzene rings is 2. The van der Waals surface area contributed by atoms with Crippen LogP contribution in [0.25, 0.3) is 10.8 Å². The zero-order valence-electron chi connectivity index (χ0n) is 23.5. The van der Waals surface area contributed by atoms with Gasteiger partial charge in [-0.25, -0.2) is 4.79 Å². The van der Waals surface area contributed by atoms with Crippen molar-refractivity contribution in [3.05, 3.63) is 59.4 Å². The van der Waals surface area contributed by atoms with E-state index in [4.69, 9.17) is 4.74 Å². The molecule has 220 valence electrons. The van der Waals surface area contributed by atoms with Crippen molar-refractivity contribution in [3.8, 4) is 0 Å². The van der Waals surface area contributed by atoms with E-state index < -0.39 is 41.4 Å². The van der Waals surface area contributed by atoms with Crippen molar-refractivity contribution in [1.82, 2.24) is 20.0 Å². The number of nitrogens with zero attached hydrogens (tertiary/aromatic N) is 4. The number of carbonyl (C=O) groups is 4. The van der Waals surface area contributed by atoms with Gasteiger partial charge in [0.25, 0.3) is 5.91 Å². The third-order valence-electron chi connectivity index (χ3n) is 8.04. The topological polar surface area (TPSA) is 114 Å². The Labute approximate surface area is 240 Å². The highest BCUT2D eigenvalue weighted by Gasteiger charge is 2.44. The number of hydrogen-bond donors (Lipinski definition) is 1. The molecule has 6 rings (SSSR count). The molecule has 3 aliphatic rings. The maximum atomic E-state index is 16.1. The van der Waals surface area contributed by atoms with Gasteiger partial charge in [-0.2, -0.15) is 13.9 Å². The van der Waals surface area contributed by atoms with Crippen LogP contribution in [0, 0.1) is 0 Å². The van der Waals surface area contributed by atoms with Gasteiger partial charge in [-0.3, -0.25) is 29.3 Å². The second-order valence-corrected chi connectivity index (χ2v) is 12.0. The molecule has 4 amide bonds. The smallest absolute Gasteiger partial charge is 0.410 e. The zero-order valence-corrected chi connectivity index (χ0v) is 23.5. The number of likely N-dealkylation sites (tertiary alicyclic amines) is 1. The Morgan fingerprint density at radius 2 is 1.79 bits per heavy atom. The van der Waals surface area contributed by atoms with Gasteiger partial charge in [-0.1, -0.05) is 12.1 Å². The minimum absolute atomic E-state index is 0.0832. The first kappa shape index (κ1) is 27.8. The number of ether oxygens (including phenoxy) is 1.